The van der Waals surface area contributed by atoms with Crippen molar-refractivity contribution in [3.8, 4) is 17.3 Å². The number of fused-ring (bicyclic) bond motifs is 1. The van der Waals surface area contributed by atoms with Gasteiger partial charge in [-0.1, -0.05) is 43.3 Å². The van der Waals surface area contributed by atoms with E-state index in [0.29, 0.717) is 11.5 Å². The highest BCUT2D eigenvalue weighted by atomic mass is 16.3. The molecule has 0 unspecified atom stereocenters. The van der Waals surface area contributed by atoms with Gasteiger partial charge < -0.3 is 10.1 Å². The van der Waals surface area contributed by atoms with Gasteiger partial charge >= 0.3 is 0 Å². The predicted molar refractivity (Wildman–Crippen MR) is 97.5 cm³/mol. The SMILES string of the molecule is CCc1cccc(-c2nc(O)c(C=C3C=Nc4ccccc43)[nH]2)c1. The van der Waals surface area contributed by atoms with Crippen LogP contribution in [-0.4, -0.2) is 21.3 Å². The van der Waals surface area contributed by atoms with Gasteiger partial charge in [-0.15, -0.1) is 0 Å². The molecule has 0 aliphatic carbocycles. The van der Waals surface area contributed by atoms with E-state index < -0.39 is 0 Å². The summed E-state index contributed by atoms with van der Waals surface area (Å²) >= 11 is 0. The van der Waals surface area contributed by atoms with Crippen LogP contribution in [0.5, 0.6) is 5.88 Å². The van der Waals surface area contributed by atoms with E-state index in [1.807, 2.05) is 48.7 Å². The van der Waals surface area contributed by atoms with E-state index in [9.17, 15) is 5.11 Å². The molecule has 3 aromatic rings. The zero-order valence-corrected chi connectivity index (χ0v) is 13.3. The van der Waals surface area contributed by atoms with Gasteiger partial charge in [0, 0.05) is 22.9 Å². The monoisotopic (exact) mass is 315 g/mol. The smallest absolute Gasteiger partial charge is 0.237 e. The first-order valence-corrected chi connectivity index (χ1v) is 7.98. The van der Waals surface area contributed by atoms with E-state index in [0.717, 1.165) is 28.8 Å². The van der Waals surface area contributed by atoms with Crippen LogP contribution in [0, 0.1) is 0 Å². The van der Waals surface area contributed by atoms with Gasteiger partial charge in [-0.3, -0.25) is 4.99 Å². The summed E-state index contributed by atoms with van der Waals surface area (Å²) in [6, 6.07) is 16.1. The van der Waals surface area contributed by atoms with Crippen molar-refractivity contribution < 1.29 is 5.11 Å². The lowest BCUT2D eigenvalue weighted by atomic mass is 10.1. The zero-order valence-electron chi connectivity index (χ0n) is 13.3. The van der Waals surface area contributed by atoms with Crippen molar-refractivity contribution >= 4 is 23.6 Å². The van der Waals surface area contributed by atoms with Gasteiger partial charge in [0.1, 0.15) is 11.5 Å². The summed E-state index contributed by atoms with van der Waals surface area (Å²) in [5, 5.41) is 10.2. The van der Waals surface area contributed by atoms with Crippen LogP contribution in [0.3, 0.4) is 0 Å². The van der Waals surface area contributed by atoms with Crippen LogP contribution in [-0.2, 0) is 6.42 Å². The molecule has 4 rings (SSSR count). The Labute approximate surface area is 140 Å². The Morgan fingerprint density at radius 1 is 1.12 bits per heavy atom. The number of hydrogen-bond donors (Lipinski definition) is 2. The fraction of sp³-hybridized carbons (Fsp3) is 0.100. The second-order valence-corrected chi connectivity index (χ2v) is 5.75. The Morgan fingerprint density at radius 2 is 2.00 bits per heavy atom. The number of aromatic amines is 1. The van der Waals surface area contributed by atoms with Crippen molar-refractivity contribution in [2.45, 2.75) is 13.3 Å². The molecule has 1 aliphatic rings. The predicted octanol–water partition coefficient (Wildman–Crippen LogP) is 4.60. The van der Waals surface area contributed by atoms with Crippen LogP contribution in [0.2, 0.25) is 0 Å². The van der Waals surface area contributed by atoms with Crippen molar-refractivity contribution in [1.82, 2.24) is 9.97 Å². The highest BCUT2D eigenvalue weighted by Crippen LogP contribution is 2.33. The lowest BCUT2D eigenvalue weighted by Crippen LogP contribution is -1.85. The number of aliphatic imine (C=N–C) groups is 1. The van der Waals surface area contributed by atoms with Gasteiger partial charge in [-0.05, 0) is 30.2 Å². The molecule has 24 heavy (non-hydrogen) atoms. The quantitative estimate of drug-likeness (QED) is 0.742. The number of para-hydroxylation sites is 1. The van der Waals surface area contributed by atoms with Crippen molar-refractivity contribution in [3.63, 3.8) is 0 Å². The van der Waals surface area contributed by atoms with Crippen LogP contribution in [0.15, 0.2) is 53.5 Å². The number of imidazole rings is 1. The second-order valence-electron chi connectivity index (χ2n) is 5.75. The molecule has 0 atom stereocenters. The molecule has 118 valence electrons. The molecular formula is C20H17N3O. The van der Waals surface area contributed by atoms with E-state index in [4.69, 9.17) is 0 Å². The van der Waals surface area contributed by atoms with Gasteiger partial charge in [0.25, 0.3) is 0 Å². The van der Waals surface area contributed by atoms with Crippen LogP contribution in [0.25, 0.3) is 23.0 Å². The van der Waals surface area contributed by atoms with E-state index >= 15 is 0 Å². The molecule has 2 N–H and O–H groups in total. The van der Waals surface area contributed by atoms with Crippen molar-refractivity contribution in [2.75, 3.05) is 0 Å². The third kappa shape index (κ3) is 2.52. The molecule has 0 fully saturated rings. The summed E-state index contributed by atoms with van der Waals surface area (Å²) in [4.78, 5) is 11.9. The zero-order chi connectivity index (χ0) is 16.5. The van der Waals surface area contributed by atoms with Crippen molar-refractivity contribution in [3.05, 3.63) is 65.4 Å². The first-order valence-electron chi connectivity index (χ1n) is 7.98. The Bertz CT molecular complexity index is 967. The third-order valence-corrected chi connectivity index (χ3v) is 4.18. The Hall–Kier alpha value is -3.14. The molecule has 4 heteroatoms. The molecule has 0 saturated carbocycles. The lowest BCUT2D eigenvalue weighted by molar-refractivity contribution is 0.455. The summed E-state index contributed by atoms with van der Waals surface area (Å²) in [6.45, 7) is 2.12. The molecule has 0 radical (unpaired) electrons. The van der Waals surface area contributed by atoms with Crippen LogP contribution in [0.1, 0.15) is 23.7 Å². The third-order valence-electron chi connectivity index (χ3n) is 4.18. The second kappa shape index (κ2) is 5.81. The molecule has 2 aromatic carbocycles. The van der Waals surface area contributed by atoms with Gasteiger partial charge in [-0.2, -0.15) is 4.98 Å². The average molecular weight is 315 g/mol. The molecular weight excluding hydrogens is 298 g/mol. The number of benzene rings is 2. The van der Waals surface area contributed by atoms with Gasteiger partial charge in [0.05, 0.1) is 5.69 Å². The Kier molecular flexibility index (Phi) is 3.50. The average Bonchev–Trinajstić information content (AvgIpc) is 3.20. The number of aromatic nitrogens is 2. The van der Waals surface area contributed by atoms with E-state index in [-0.39, 0.29) is 5.88 Å². The molecule has 0 amide bonds. The molecule has 4 nitrogen and oxygen atoms in total. The maximum absolute atomic E-state index is 10.2. The minimum Gasteiger partial charge on any atom is -0.492 e. The summed E-state index contributed by atoms with van der Waals surface area (Å²) in [6.07, 6.45) is 4.65. The molecule has 0 saturated heterocycles. The van der Waals surface area contributed by atoms with E-state index in [1.54, 1.807) is 0 Å². The van der Waals surface area contributed by atoms with Gasteiger partial charge in [0.2, 0.25) is 5.88 Å². The summed E-state index contributed by atoms with van der Waals surface area (Å²) < 4.78 is 0. The summed E-state index contributed by atoms with van der Waals surface area (Å²) in [7, 11) is 0. The highest BCUT2D eigenvalue weighted by molar-refractivity contribution is 6.21. The summed E-state index contributed by atoms with van der Waals surface area (Å²) in [5.41, 5.74) is 5.75. The Balaban J connectivity index is 1.72. The number of aryl methyl sites for hydroxylation is 1. The number of hydrogen-bond acceptors (Lipinski definition) is 3. The number of allylic oxidation sites excluding steroid dienone is 1. The number of H-pyrrole nitrogens is 1. The maximum atomic E-state index is 10.2. The van der Waals surface area contributed by atoms with Crippen LogP contribution >= 0.6 is 0 Å². The topological polar surface area (TPSA) is 61.3 Å². The first-order chi connectivity index (χ1) is 11.7. The van der Waals surface area contributed by atoms with Gasteiger partial charge in [-0.25, -0.2) is 0 Å². The molecule has 0 bridgehead atoms. The van der Waals surface area contributed by atoms with E-state index in [1.165, 1.54) is 5.56 Å². The molecule has 1 aliphatic heterocycles. The fourth-order valence-corrected chi connectivity index (χ4v) is 2.86. The molecule has 0 spiro atoms. The van der Waals surface area contributed by atoms with Crippen molar-refractivity contribution in [1.29, 1.82) is 0 Å². The fourth-order valence-electron chi connectivity index (χ4n) is 2.86. The molecule has 2 heterocycles. The van der Waals surface area contributed by atoms with Crippen LogP contribution in [0.4, 0.5) is 5.69 Å². The van der Waals surface area contributed by atoms with E-state index in [2.05, 4.69) is 34.0 Å². The molecule has 1 aromatic heterocycles. The maximum Gasteiger partial charge on any atom is 0.237 e. The number of nitrogens with one attached hydrogen (secondary N) is 1. The lowest BCUT2D eigenvalue weighted by Gasteiger charge is -2.00. The number of aromatic hydroxyl groups is 1. The largest absolute Gasteiger partial charge is 0.492 e. The minimum atomic E-state index is -0.00261. The normalized spacial score (nSPS) is 14.3. The minimum absolute atomic E-state index is 0.00261. The highest BCUT2D eigenvalue weighted by Gasteiger charge is 2.14. The van der Waals surface area contributed by atoms with Crippen LogP contribution < -0.4 is 0 Å². The first kappa shape index (κ1) is 14.5. The number of nitrogens with zero attached hydrogens (tertiary/aromatic N) is 2. The van der Waals surface area contributed by atoms with Crippen molar-refractivity contribution in [2.24, 2.45) is 4.99 Å². The summed E-state index contributed by atoms with van der Waals surface area (Å²) in [5.74, 6) is 0.662. The Morgan fingerprint density at radius 3 is 2.88 bits per heavy atom. The van der Waals surface area contributed by atoms with Gasteiger partial charge in [0.15, 0.2) is 0 Å². The number of rotatable bonds is 3. The standard InChI is InChI=1S/C20H17N3O/c1-2-13-6-5-7-14(10-13)19-22-18(20(24)23-19)11-15-12-21-17-9-4-3-8-16(15)17/h3-12,24H,2H2,1H3,(H,22,23).